The van der Waals surface area contributed by atoms with Crippen LogP contribution in [0.3, 0.4) is 0 Å². The van der Waals surface area contributed by atoms with Crippen LogP contribution in [0.2, 0.25) is 0 Å². The van der Waals surface area contributed by atoms with E-state index in [-0.39, 0.29) is 17.3 Å². The van der Waals surface area contributed by atoms with Crippen LogP contribution in [0.5, 0.6) is 0 Å². The van der Waals surface area contributed by atoms with Gasteiger partial charge in [0.1, 0.15) is 11.9 Å². The van der Waals surface area contributed by atoms with Crippen molar-refractivity contribution in [1.29, 1.82) is 5.26 Å². The quantitative estimate of drug-likeness (QED) is 0.644. The fourth-order valence-corrected chi connectivity index (χ4v) is 4.86. The molecule has 29 heavy (non-hydrogen) atoms. The lowest BCUT2D eigenvalue weighted by molar-refractivity contribution is -0.117. The highest BCUT2D eigenvalue weighted by Gasteiger charge is 2.47. The molecule has 0 saturated carbocycles. The number of benzene rings is 2. The molecule has 2 aliphatic rings. The van der Waals surface area contributed by atoms with Gasteiger partial charge in [0.2, 0.25) is 0 Å². The highest BCUT2D eigenvalue weighted by atomic mass is 16.1. The zero-order valence-electron chi connectivity index (χ0n) is 16.3. The molecular weight excluding hydrogens is 358 g/mol. The first-order valence-electron chi connectivity index (χ1n) is 10.0. The van der Waals surface area contributed by atoms with Crippen LogP contribution in [0.1, 0.15) is 31.2 Å². The Hall–Kier alpha value is -3.45. The lowest BCUT2D eigenvalue weighted by Gasteiger charge is -2.41. The van der Waals surface area contributed by atoms with Crippen LogP contribution >= 0.6 is 0 Å². The van der Waals surface area contributed by atoms with Crippen molar-refractivity contribution in [2.75, 3.05) is 0 Å². The SMILES string of the molecule is CC12C=C(C#N)C(=O)CC1CCc1c2nc(-c2ccccc2)n1-c1ccccc1. The van der Waals surface area contributed by atoms with E-state index in [1.54, 1.807) is 0 Å². The molecule has 2 aromatic carbocycles. The molecule has 2 atom stereocenters. The number of allylic oxidation sites excluding steroid dienone is 2. The summed E-state index contributed by atoms with van der Waals surface area (Å²) in [6.45, 7) is 2.14. The molecule has 0 radical (unpaired) electrons. The van der Waals surface area contributed by atoms with Gasteiger partial charge in [-0.3, -0.25) is 9.36 Å². The molecule has 0 spiro atoms. The number of nitriles is 1. The molecule has 4 heteroatoms. The van der Waals surface area contributed by atoms with Crippen LogP contribution in [-0.4, -0.2) is 15.3 Å². The number of fused-ring (bicyclic) bond motifs is 3. The number of aromatic nitrogens is 2. The number of carbonyl (C=O) groups is 1. The number of rotatable bonds is 2. The summed E-state index contributed by atoms with van der Waals surface area (Å²) in [6, 6.07) is 22.6. The highest BCUT2D eigenvalue weighted by molar-refractivity contribution is 6.00. The van der Waals surface area contributed by atoms with Crippen molar-refractivity contribution >= 4 is 5.78 Å². The number of Topliss-reactive ketones (excluding diaryl/α,β-unsaturated/α-hetero) is 1. The van der Waals surface area contributed by atoms with E-state index in [0.717, 1.165) is 35.6 Å². The Kier molecular flexibility index (Phi) is 3.99. The average Bonchev–Trinajstić information content (AvgIpc) is 3.16. The smallest absolute Gasteiger partial charge is 0.173 e. The largest absolute Gasteiger partial charge is 0.296 e. The molecule has 2 aliphatic carbocycles. The van der Waals surface area contributed by atoms with Gasteiger partial charge in [0, 0.05) is 28.8 Å². The summed E-state index contributed by atoms with van der Waals surface area (Å²) in [7, 11) is 0. The third-order valence-electron chi connectivity index (χ3n) is 6.40. The molecular formula is C25H21N3O. The van der Waals surface area contributed by atoms with E-state index in [9.17, 15) is 10.1 Å². The highest BCUT2D eigenvalue weighted by Crippen LogP contribution is 2.48. The molecule has 5 rings (SSSR count). The minimum atomic E-state index is -0.407. The monoisotopic (exact) mass is 379 g/mol. The van der Waals surface area contributed by atoms with Crippen LogP contribution in [0.15, 0.2) is 72.3 Å². The predicted molar refractivity (Wildman–Crippen MR) is 111 cm³/mol. The Bertz CT molecular complexity index is 1170. The maximum atomic E-state index is 12.3. The molecule has 142 valence electrons. The van der Waals surface area contributed by atoms with E-state index in [1.807, 2.05) is 42.5 Å². The Morgan fingerprint density at radius 3 is 2.48 bits per heavy atom. The maximum Gasteiger partial charge on any atom is 0.173 e. The van der Waals surface area contributed by atoms with Gasteiger partial charge in [0.15, 0.2) is 5.78 Å². The molecule has 0 amide bonds. The van der Waals surface area contributed by atoms with Crippen LogP contribution in [0.4, 0.5) is 0 Å². The molecule has 1 heterocycles. The molecule has 0 bridgehead atoms. The van der Waals surface area contributed by atoms with Gasteiger partial charge in [-0.05, 0) is 30.9 Å². The minimum Gasteiger partial charge on any atom is -0.296 e. The van der Waals surface area contributed by atoms with Crippen molar-refractivity contribution in [1.82, 2.24) is 9.55 Å². The summed E-state index contributed by atoms with van der Waals surface area (Å²) < 4.78 is 2.25. The van der Waals surface area contributed by atoms with E-state index in [2.05, 4.69) is 41.8 Å². The summed E-state index contributed by atoms with van der Waals surface area (Å²) >= 11 is 0. The predicted octanol–water partition coefficient (Wildman–Crippen LogP) is 4.78. The van der Waals surface area contributed by atoms with Gasteiger partial charge in [0.05, 0.1) is 11.3 Å². The number of para-hydroxylation sites is 1. The second-order valence-electron chi connectivity index (χ2n) is 8.08. The Labute approximate surface area is 170 Å². The molecule has 1 aromatic heterocycles. The fraction of sp³-hybridized carbons (Fsp3) is 0.240. The van der Waals surface area contributed by atoms with Gasteiger partial charge in [-0.2, -0.15) is 5.26 Å². The van der Waals surface area contributed by atoms with Crippen LogP contribution in [0.25, 0.3) is 17.1 Å². The van der Waals surface area contributed by atoms with Crippen molar-refractivity contribution in [2.45, 2.75) is 31.6 Å². The summed E-state index contributed by atoms with van der Waals surface area (Å²) in [6.07, 6.45) is 4.08. The Morgan fingerprint density at radius 1 is 1.10 bits per heavy atom. The molecule has 4 nitrogen and oxygen atoms in total. The van der Waals surface area contributed by atoms with Gasteiger partial charge in [0.25, 0.3) is 0 Å². The van der Waals surface area contributed by atoms with Gasteiger partial charge in [-0.1, -0.05) is 61.5 Å². The number of carbonyl (C=O) groups excluding carboxylic acids is 1. The summed E-state index contributed by atoms with van der Waals surface area (Å²) in [5, 5.41) is 9.47. The summed E-state index contributed by atoms with van der Waals surface area (Å²) in [4.78, 5) is 17.5. The summed E-state index contributed by atoms with van der Waals surface area (Å²) in [5.74, 6) is 1.05. The van der Waals surface area contributed by atoms with Crippen LogP contribution in [-0.2, 0) is 16.6 Å². The first kappa shape index (κ1) is 17.6. The zero-order chi connectivity index (χ0) is 20.0. The molecule has 2 unspecified atom stereocenters. The Balaban J connectivity index is 1.79. The third-order valence-corrected chi connectivity index (χ3v) is 6.40. The second-order valence-corrected chi connectivity index (χ2v) is 8.08. The first-order valence-corrected chi connectivity index (χ1v) is 10.0. The number of ketones is 1. The summed E-state index contributed by atoms with van der Waals surface area (Å²) in [5.41, 5.74) is 4.18. The molecule has 3 aromatic rings. The zero-order valence-corrected chi connectivity index (χ0v) is 16.3. The van der Waals surface area contributed by atoms with Crippen LogP contribution in [0, 0.1) is 17.2 Å². The molecule has 0 fully saturated rings. The molecule has 0 aliphatic heterocycles. The van der Waals surface area contributed by atoms with Crippen molar-refractivity contribution < 1.29 is 4.79 Å². The second kappa shape index (κ2) is 6.56. The lowest BCUT2D eigenvalue weighted by atomic mass is 9.62. The van der Waals surface area contributed by atoms with Gasteiger partial charge in [-0.15, -0.1) is 0 Å². The number of imidazole rings is 1. The normalized spacial score (nSPS) is 23.0. The minimum absolute atomic E-state index is 0.0378. The third kappa shape index (κ3) is 2.66. The van der Waals surface area contributed by atoms with E-state index >= 15 is 0 Å². The van der Waals surface area contributed by atoms with E-state index in [0.29, 0.717) is 6.42 Å². The van der Waals surface area contributed by atoms with E-state index < -0.39 is 5.41 Å². The van der Waals surface area contributed by atoms with Gasteiger partial charge in [-0.25, -0.2) is 4.98 Å². The Morgan fingerprint density at radius 2 is 1.79 bits per heavy atom. The number of hydrogen-bond donors (Lipinski definition) is 0. The van der Waals surface area contributed by atoms with Crippen LogP contribution < -0.4 is 0 Å². The fourth-order valence-electron chi connectivity index (χ4n) is 4.86. The molecule has 0 saturated heterocycles. The van der Waals surface area contributed by atoms with Crippen molar-refractivity contribution in [3.63, 3.8) is 0 Å². The van der Waals surface area contributed by atoms with Gasteiger partial charge < -0.3 is 0 Å². The average molecular weight is 379 g/mol. The maximum absolute atomic E-state index is 12.3. The standard InChI is InChI=1S/C25H21N3O/c1-25-15-18(16-26)22(29)14-19(25)12-13-21-23(25)27-24(17-8-4-2-5-9-17)28(21)20-10-6-3-7-11-20/h2-11,15,19H,12-14H2,1H3. The van der Waals surface area contributed by atoms with Crippen molar-refractivity contribution in [3.8, 4) is 23.1 Å². The van der Waals surface area contributed by atoms with Crippen molar-refractivity contribution in [2.24, 2.45) is 5.92 Å². The molecule has 0 N–H and O–H groups in total. The van der Waals surface area contributed by atoms with Gasteiger partial charge >= 0.3 is 0 Å². The number of hydrogen-bond acceptors (Lipinski definition) is 3. The lowest BCUT2D eigenvalue weighted by Crippen LogP contribution is -2.40. The first-order chi connectivity index (χ1) is 14.1. The van der Waals surface area contributed by atoms with E-state index in [4.69, 9.17) is 4.98 Å². The van der Waals surface area contributed by atoms with E-state index in [1.165, 1.54) is 5.69 Å². The number of nitrogens with zero attached hydrogens (tertiary/aromatic N) is 3. The van der Waals surface area contributed by atoms with Crippen molar-refractivity contribution in [3.05, 3.63) is 83.7 Å². The topological polar surface area (TPSA) is 58.7 Å².